The Hall–Kier alpha value is 0.137. The lowest BCUT2D eigenvalue weighted by molar-refractivity contribution is 0.256. The Labute approximate surface area is 94.2 Å². The maximum atomic E-state index is 10.2. The number of rotatable bonds is 4. The van der Waals surface area contributed by atoms with Crippen molar-refractivity contribution in [2.24, 2.45) is 5.92 Å². The van der Waals surface area contributed by atoms with Gasteiger partial charge in [0, 0.05) is 0 Å². The van der Waals surface area contributed by atoms with E-state index < -0.39 is 8.32 Å². The molecule has 2 aliphatic rings. The van der Waals surface area contributed by atoms with E-state index in [0.717, 1.165) is 5.92 Å². The van der Waals surface area contributed by atoms with Crippen molar-refractivity contribution in [2.75, 3.05) is 0 Å². The van der Waals surface area contributed by atoms with E-state index in [1.807, 2.05) is 0 Å². The predicted molar refractivity (Wildman–Crippen MR) is 64.4 cm³/mol. The molecule has 15 heavy (non-hydrogen) atoms. The Morgan fingerprint density at radius 1 is 1.27 bits per heavy atom. The van der Waals surface area contributed by atoms with Gasteiger partial charge in [0.25, 0.3) is 0 Å². The van der Waals surface area contributed by atoms with Crippen molar-refractivity contribution in [3.8, 4) is 0 Å². The predicted octanol–water partition coefficient (Wildman–Crippen LogP) is 2.92. The Kier molecular flexibility index (Phi) is 2.77. The normalized spacial score (nSPS) is 35.4. The maximum Gasteiger partial charge on any atom is 0.188 e. The summed E-state index contributed by atoms with van der Waals surface area (Å²) in [4.78, 5) is 10.2. The summed E-state index contributed by atoms with van der Waals surface area (Å²) in [5, 5.41) is 0.153. The highest BCUT2D eigenvalue weighted by Gasteiger charge is 2.48. The summed E-state index contributed by atoms with van der Waals surface area (Å²) in [6.07, 6.45) is 6.21. The van der Waals surface area contributed by atoms with Crippen LogP contribution in [-0.4, -0.2) is 25.3 Å². The van der Waals surface area contributed by atoms with Crippen molar-refractivity contribution >= 4 is 8.32 Å². The number of ether oxygens (including phenoxy) is 1. The molecule has 0 aromatic carbocycles. The van der Waals surface area contributed by atoms with Gasteiger partial charge in [-0.05, 0) is 49.7 Å². The van der Waals surface area contributed by atoms with Gasteiger partial charge < -0.3 is 9.53 Å². The Bertz CT molecular complexity index is 234. The summed E-state index contributed by atoms with van der Waals surface area (Å²) in [6.45, 7) is 8.57. The lowest BCUT2D eigenvalue weighted by Crippen LogP contribution is -2.39. The second kappa shape index (κ2) is 3.57. The molecule has 0 aromatic heterocycles. The monoisotopic (exact) mass is 228 g/mol. The zero-order valence-corrected chi connectivity index (χ0v) is 11.4. The van der Waals surface area contributed by atoms with Gasteiger partial charge in [0.2, 0.25) is 0 Å². The van der Waals surface area contributed by atoms with E-state index in [4.69, 9.17) is 4.74 Å². The van der Waals surface area contributed by atoms with E-state index in [2.05, 4.69) is 26.9 Å². The van der Waals surface area contributed by atoms with Crippen molar-refractivity contribution in [2.45, 2.75) is 69.9 Å². The minimum absolute atomic E-state index is 0.153. The number of epoxide rings is 1. The van der Waals surface area contributed by atoms with Crippen LogP contribution in [0, 0.1) is 5.92 Å². The zero-order valence-electron chi connectivity index (χ0n) is 10.4. The molecule has 2 nitrogen and oxygen atoms in total. The van der Waals surface area contributed by atoms with E-state index in [1.165, 1.54) is 25.7 Å². The van der Waals surface area contributed by atoms with Crippen molar-refractivity contribution in [1.82, 2.24) is 0 Å². The molecule has 1 N–H and O–H groups in total. The molecule has 2 rings (SSSR count). The van der Waals surface area contributed by atoms with E-state index in [9.17, 15) is 4.80 Å². The fraction of sp³-hybridized carbons (Fsp3) is 1.00. The highest BCUT2D eigenvalue weighted by molar-refractivity contribution is 6.72. The van der Waals surface area contributed by atoms with E-state index in [0.29, 0.717) is 12.2 Å². The van der Waals surface area contributed by atoms with Gasteiger partial charge in [-0.2, -0.15) is 0 Å². The molecule has 1 heterocycles. The van der Waals surface area contributed by atoms with Crippen LogP contribution in [0.3, 0.4) is 0 Å². The minimum atomic E-state index is -1.99. The third kappa shape index (κ3) is 2.45. The SMILES string of the molecule is CC(C)(CCC1CC2OC2C1)[Si](C)(C)O. The first-order chi connectivity index (χ1) is 6.79. The highest BCUT2D eigenvalue weighted by atomic mass is 28.4. The van der Waals surface area contributed by atoms with Crippen LogP contribution in [0.1, 0.15) is 39.5 Å². The van der Waals surface area contributed by atoms with Crippen LogP contribution in [0.25, 0.3) is 0 Å². The quantitative estimate of drug-likeness (QED) is 0.593. The minimum Gasteiger partial charge on any atom is -0.432 e. The zero-order chi connectivity index (χ0) is 11.3. The topological polar surface area (TPSA) is 32.8 Å². The molecular weight excluding hydrogens is 204 g/mol. The van der Waals surface area contributed by atoms with Gasteiger partial charge in [0.1, 0.15) is 0 Å². The third-order valence-electron chi connectivity index (χ3n) is 4.65. The van der Waals surface area contributed by atoms with E-state index >= 15 is 0 Å². The second-order valence-electron chi connectivity index (χ2n) is 6.53. The molecule has 2 unspecified atom stereocenters. The van der Waals surface area contributed by atoms with Gasteiger partial charge in [0.15, 0.2) is 8.32 Å². The molecular formula is C12H24O2Si. The van der Waals surface area contributed by atoms with Gasteiger partial charge in [-0.1, -0.05) is 13.8 Å². The molecule has 3 heteroatoms. The lowest BCUT2D eigenvalue weighted by atomic mass is 9.95. The molecule has 0 bridgehead atoms. The van der Waals surface area contributed by atoms with Crippen LogP contribution in [0.5, 0.6) is 0 Å². The van der Waals surface area contributed by atoms with E-state index in [-0.39, 0.29) is 5.04 Å². The molecule has 0 radical (unpaired) electrons. The summed E-state index contributed by atoms with van der Waals surface area (Å²) < 4.78 is 5.44. The van der Waals surface area contributed by atoms with Crippen LogP contribution in [0.15, 0.2) is 0 Å². The van der Waals surface area contributed by atoms with Crippen LogP contribution >= 0.6 is 0 Å². The van der Waals surface area contributed by atoms with Crippen LogP contribution in [-0.2, 0) is 4.74 Å². The first-order valence-electron chi connectivity index (χ1n) is 6.17. The summed E-state index contributed by atoms with van der Waals surface area (Å²) in [5.74, 6) is 0.865. The largest absolute Gasteiger partial charge is 0.432 e. The van der Waals surface area contributed by atoms with Gasteiger partial charge in [0.05, 0.1) is 12.2 Å². The van der Waals surface area contributed by atoms with Crippen molar-refractivity contribution in [1.29, 1.82) is 0 Å². The third-order valence-corrected chi connectivity index (χ3v) is 8.22. The molecule has 1 saturated carbocycles. The fourth-order valence-corrected chi connectivity index (χ4v) is 3.21. The van der Waals surface area contributed by atoms with Crippen LogP contribution < -0.4 is 0 Å². The molecule has 1 aliphatic heterocycles. The Morgan fingerprint density at radius 2 is 1.80 bits per heavy atom. The Morgan fingerprint density at radius 3 is 2.27 bits per heavy atom. The average Bonchev–Trinajstić information content (AvgIpc) is 2.69. The Balaban J connectivity index is 1.77. The van der Waals surface area contributed by atoms with Crippen molar-refractivity contribution in [3.63, 3.8) is 0 Å². The fourth-order valence-electron chi connectivity index (χ4n) is 2.45. The first-order valence-corrected chi connectivity index (χ1v) is 9.12. The smallest absolute Gasteiger partial charge is 0.188 e. The van der Waals surface area contributed by atoms with Gasteiger partial charge >= 0.3 is 0 Å². The molecule has 2 atom stereocenters. The number of hydrogen-bond donors (Lipinski definition) is 1. The molecule has 0 spiro atoms. The van der Waals surface area contributed by atoms with Gasteiger partial charge in [-0.15, -0.1) is 0 Å². The second-order valence-corrected chi connectivity index (χ2v) is 11.0. The summed E-state index contributed by atoms with van der Waals surface area (Å²) >= 11 is 0. The standard InChI is InChI=1S/C12H24O2Si/c1-12(2,15(3,4)13)6-5-9-7-10-11(8-9)14-10/h9-11,13H,5-8H2,1-4H3. The maximum absolute atomic E-state index is 10.2. The van der Waals surface area contributed by atoms with Crippen molar-refractivity contribution in [3.05, 3.63) is 0 Å². The number of hydrogen-bond acceptors (Lipinski definition) is 2. The molecule has 88 valence electrons. The molecule has 0 aromatic rings. The van der Waals surface area contributed by atoms with Crippen molar-refractivity contribution < 1.29 is 9.53 Å². The van der Waals surface area contributed by atoms with Gasteiger partial charge in [-0.3, -0.25) is 0 Å². The highest BCUT2D eigenvalue weighted by Crippen LogP contribution is 2.47. The summed E-state index contributed by atoms with van der Waals surface area (Å²) in [7, 11) is -1.99. The van der Waals surface area contributed by atoms with E-state index in [1.54, 1.807) is 0 Å². The first kappa shape index (κ1) is 11.6. The molecule has 1 saturated heterocycles. The molecule has 0 amide bonds. The lowest BCUT2D eigenvalue weighted by Gasteiger charge is -2.35. The number of fused-ring (bicyclic) bond motifs is 1. The summed E-state index contributed by atoms with van der Waals surface area (Å²) in [5.41, 5.74) is 0. The van der Waals surface area contributed by atoms with Gasteiger partial charge in [-0.25, -0.2) is 0 Å². The summed E-state index contributed by atoms with van der Waals surface area (Å²) in [6, 6.07) is 0. The molecule has 2 fully saturated rings. The average molecular weight is 228 g/mol. The molecule has 1 aliphatic carbocycles. The van der Waals surface area contributed by atoms with Crippen LogP contribution in [0.4, 0.5) is 0 Å². The van der Waals surface area contributed by atoms with Crippen LogP contribution in [0.2, 0.25) is 18.1 Å².